The number of nitrogens with one attached hydrogen (secondary N) is 1. The predicted molar refractivity (Wildman–Crippen MR) is 71.9 cm³/mol. The van der Waals surface area contributed by atoms with E-state index >= 15 is 0 Å². The van der Waals surface area contributed by atoms with Crippen molar-refractivity contribution in [3.8, 4) is 0 Å². The molecule has 2 unspecified atom stereocenters. The molecule has 1 nitrogen and oxygen atoms in total. The quantitative estimate of drug-likeness (QED) is 0.802. The van der Waals surface area contributed by atoms with E-state index in [0.29, 0.717) is 18.0 Å². The van der Waals surface area contributed by atoms with Crippen molar-refractivity contribution in [2.75, 3.05) is 0 Å². The highest BCUT2D eigenvalue weighted by atomic mass is 35.5. The number of rotatable bonds is 5. The molecule has 0 radical (unpaired) electrons. The normalized spacial score (nSPS) is 15.1. The van der Waals surface area contributed by atoms with Crippen LogP contribution in [-0.4, -0.2) is 6.04 Å². The van der Waals surface area contributed by atoms with Gasteiger partial charge in [0.1, 0.15) is 0 Å². The molecule has 0 fully saturated rings. The van der Waals surface area contributed by atoms with Crippen LogP contribution in [0.1, 0.15) is 45.7 Å². The molecule has 2 heteroatoms. The highest BCUT2D eigenvalue weighted by Gasteiger charge is 2.16. The third-order valence-electron chi connectivity index (χ3n) is 3.08. The van der Waals surface area contributed by atoms with Gasteiger partial charge < -0.3 is 5.32 Å². The molecule has 0 saturated heterocycles. The third kappa shape index (κ3) is 3.50. The molecule has 1 aromatic carbocycles. The minimum atomic E-state index is 0.307. The second kappa shape index (κ2) is 6.27. The van der Waals surface area contributed by atoms with E-state index in [9.17, 15) is 0 Å². The van der Waals surface area contributed by atoms with Crippen molar-refractivity contribution in [1.82, 2.24) is 5.32 Å². The van der Waals surface area contributed by atoms with E-state index in [1.165, 1.54) is 5.56 Å². The van der Waals surface area contributed by atoms with Crippen LogP contribution in [0.15, 0.2) is 24.3 Å². The van der Waals surface area contributed by atoms with Gasteiger partial charge in [-0.2, -0.15) is 0 Å². The van der Waals surface area contributed by atoms with Crippen LogP contribution in [0.5, 0.6) is 0 Å². The Bertz CT molecular complexity index is 322. The zero-order valence-electron chi connectivity index (χ0n) is 10.6. The van der Waals surface area contributed by atoms with Crippen LogP contribution in [-0.2, 0) is 0 Å². The first-order valence-electron chi connectivity index (χ1n) is 6.06. The van der Waals surface area contributed by atoms with Gasteiger partial charge in [-0.15, -0.1) is 0 Å². The molecule has 0 aliphatic rings. The lowest BCUT2D eigenvalue weighted by molar-refractivity contribution is 0.356. The Labute approximate surface area is 104 Å². The summed E-state index contributed by atoms with van der Waals surface area (Å²) in [6.07, 6.45) is 1.15. The summed E-state index contributed by atoms with van der Waals surface area (Å²) in [7, 11) is 0. The van der Waals surface area contributed by atoms with Gasteiger partial charge in [-0.05, 0) is 30.9 Å². The molecule has 0 spiro atoms. The Morgan fingerprint density at radius 3 is 2.31 bits per heavy atom. The molecule has 0 aliphatic carbocycles. The fraction of sp³-hybridized carbons (Fsp3) is 0.571. The minimum Gasteiger partial charge on any atom is -0.307 e. The van der Waals surface area contributed by atoms with Gasteiger partial charge in [0.05, 0.1) is 0 Å². The van der Waals surface area contributed by atoms with Crippen LogP contribution in [0, 0.1) is 5.92 Å². The van der Waals surface area contributed by atoms with Crippen molar-refractivity contribution in [1.29, 1.82) is 0 Å². The maximum Gasteiger partial charge on any atom is 0.0453 e. The van der Waals surface area contributed by atoms with E-state index in [2.05, 4.69) is 39.1 Å². The van der Waals surface area contributed by atoms with Gasteiger partial charge in [0.15, 0.2) is 0 Å². The first kappa shape index (κ1) is 13.5. The lowest BCUT2D eigenvalue weighted by atomic mass is 9.99. The summed E-state index contributed by atoms with van der Waals surface area (Å²) in [6.45, 7) is 8.89. The molecule has 90 valence electrons. The molecule has 0 amide bonds. The van der Waals surface area contributed by atoms with E-state index in [0.717, 1.165) is 11.4 Å². The van der Waals surface area contributed by atoms with E-state index < -0.39 is 0 Å². The van der Waals surface area contributed by atoms with Gasteiger partial charge in [0, 0.05) is 17.1 Å². The standard InChI is InChI=1S/C14H22ClN/c1-5-14(10(2)3)16-11(4)12-8-6-7-9-13(12)15/h6-11,14,16H,5H2,1-4H3. The predicted octanol–water partition coefficient (Wildman–Crippen LogP) is 4.43. The first-order chi connectivity index (χ1) is 7.56. The van der Waals surface area contributed by atoms with Gasteiger partial charge >= 0.3 is 0 Å². The lowest BCUT2D eigenvalue weighted by Gasteiger charge is -2.26. The Balaban J connectivity index is 2.72. The highest BCUT2D eigenvalue weighted by molar-refractivity contribution is 6.31. The van der Waals surface area contributed by atoms with Crippen LogP contribution in [0.3, 0.4) is 0 Å². The molecule has 0 bridgehead atoms. The fourth-order valence-electron chi connectivity index (χ4n) is 2.02. The summed E-state index contributed by atoms with van der Waals surface area (Å²) in [5.74, 6) is 0.648. The van der Waals surface area contributed by atoms with Crippen molar-refractivity contribution >= 4 is 11.6 Å². The maximum absolute atomic E-state index is 6.19. The molecular formula is C14H22ClN. The minimum absolute atomic E-state index is 0.307. The van der Waals surface area contributed by atoms with Gasteiger partial charge in [-0.1, -0.05) is 50.6 Å². The number of hydrogen-bond acceptors (Lipinski definition) is 1. The van der Waals surface area contributed by atoms with Crippen molar-refractivity contribution in [2.24, 2.45) is 5.92 Å². The molecule has 2 atom stereocenters. The summed E-state index contributed by atoms with van der Waals surface area (Å²) < 4.78 is 0. The van der Waals surface area contributed by atoms with Gasteiger partial charge in [-0.3, -0.25) is 0 Å². The fourth-order valence-corrected chi connectivity index (χ4v) is 2.32. The monoisotopic (exact) mass is 239 g/mol. The van der Waals surface area contributed by atoms with Gasteiger partial charge in [-0.25, -0.2) is 0 Å². The third-order valence-corrected chi connectivity index (χ3v) is 3.42. The molecule has 0 saturated carbocycles. The van der Waals surface area contributed by atoms with Crippen molar-refractivity contribution in [3.05, 3.63) is 34.9 Å². The maximum atomic E-state index is 6.19. The van der Waals surface area contributed by atoms with Crippen LogP contribution in [0.4, 0.5) is 0 Å². The second-order valence-corrected chi connectivity index (χ2v) is 5.08. The average Bonchev–Trinajstić information content (AvgIpc) is 2.25. The molecule has 0 heterocycles. The van der Waals surface area contributed by atoms with Crippen LogP contribution in [0.2, 0.25) is 5.02 Å². The van der Waals surface area contributed by atoms with Crippen molar-refractivity contribution in [2.45, 2.75) is 46.2 Å². The molecular weight excluding hydrogens is 218 g/mol. The average molecular weight is 240 g/mol. The molecule has 0 aromatic heterocycles. The summed E-state index contributed by atoms with van der Waals surface area (Å²) in [5, 5.41) is 4.49. The SMILES string of the molecule is CCC(NC(C)c1ccccc1Cl)C(C)C. The van der Waals surface area contributed by atoms with Crippen molar-refractivity contribution in [3.63, 3.8) is 0 Å². The zero-order chi connectivity index (χ0) is 12.1. The molecule has 0 aliphatic heterocycles. The Hall–Kier alpha value is -0.530. The van der Waals surface area contributed by atoms with Crippen LogP contribution >= 0.6 is 11.6 Å². The number of hydrogen-bond donors (Lipinski definition) is 1. The largest absolute Gasteiger partial charge is 0.307 e. The Kier molecular flexibility index (Phi) is 5.30. The van der Waals surface area contributed by atoms with Gasteiger partial charge in [0.25, 0.3) is 0 Å². The van der Waals surface area contributed by atoms with E-state index in [4.69, 9.17) is 11.6 Å². The number of benzene rings is 1. The Morgan fingerprint density at radius 2 is 1.81 bits per heavy atom. The van der Waals surface area contributed by atoms with E-state index in [1.54, 1.807) is 0 Å². The summed E-state index contributed by atoms with van der Waals surface area (Å²) in [4.78, 5) is 0. The van der Waals surface area contributed by atoms with Crippen LogP contribution < -0.4 is 5.32 Å². The molecule has 1 N–H and O–H groups in total. The lowest BCUT2D eigenvalue weighted by Crippen LogP contribution is -2.35. The van der Waals surface area contributed by atoms with E-state index in [1.807, 2.05) is 18.2 Å². The van der Waals surface area contributed by atoms with Crippen molar-refractivity contribution < 1.29 is 0 Å². The van der Waals surface area contributed by atoms with E-state index in [-0.39, 0.29) is 0 Å². The molecule has 16 heavy (non-hydrogen) atoms. The molecule has 1 aromatic rings. The summed E-state index contributed by atoms with van der Waals surface area (Å²) in [6, 6.07) is 8.90. The Morgan fingerprint density at radius 1 is 1.19 bits per heavy atom. The topological polar surface area (TPSA) is 12.0 Å². The number of halogens is 1. The first-order valence-corrected chi connectivity index (χ1v) is 6.44. The second-order valence-electron chi connectivity index (χ2n) is 4.67. The van der Waals surface area contributed by atoms with Gasteiger partial charge in [0.2, 0.25) is 0 Å². The van der Waals surface area contributed by atoms with Crippen LogP contribution in [0.25, 0.3) is 0 Å². The smallest absolute Gasteiger partial charge is 0.0453 e. The highest BCUT2D eigenvalue weighted by Crippen LogP contribution is 2.23. The summed E-state index contributed by atoms with van der Waals surface area (Å²) in [5.41, 5.74) is 1.18. The summed E-state index contributed by atoms with van der Waals surface area (Å²) >= 11 is 6.19. The molecule has 1 rings (SSSR count). The zero-order valence-corrected chi connectivity index (χ0v) is 11.4.